The molecule has 4 rings (SSSR count). The zero-order valence-corrected chi connectivity index (χ0v) is 19.4. The Bertz CT molecular complexity index is 1140. The van der Waals surface area contributed by atoms with Crippen LogP contribution in [0.5, 0.6) is 0 Å². The number of alkyl carbamates (subject to hydrolysis) is 1. The lowest BCUT2D eigenvalue weighted by molar-refractivity contribution is -0.141. The van der Waals surface area contributed by atoms with Crippen molar-refractivity contribution in [3.8, 4) is 11.1 Å². The number of amides is 2. The highest BCUT2D eigenvalue weighted by Gasteiger charge is 2.29. The van der Waals surface area contributed by atoms with E-state index in [1.54, 1.807) is 18.6 Å². The standard InChI is InChI=1S/C25H25N3O5S/c1-15(10-23(29)28-22(24(30)31)11-16-12-26-14-34-16)27-25(32)33-13-21-19-8-4-2-6-17(19)18-7-3-5-9-20(18)21/h2-9,12,14-15,21-22H,10-11,13H2,1H3,(H,27,32)(H,28,29)(H,30,31)/t15-,22?/m1/s1. The van der Waals surface area contributed by atoms with E-state index >= 15 is 0 Å². The molecule has 2 amide bonds. The van der Waals surface area contributed by atoms with Crippen LogP contribution in [0.2, 0.25) is 0 Å². The molecule has 1 aromatic heterocycles. The molecule has 0 saturated heterocycles. The average molecular weight is 480 g/mol. The predicted molar refractivity (Wildman–Crippen MR) is 128 cm³/mol. The van der Waals surface area contributed by atoms with Gasteiger partial charge in [-0.2, -0.15) is 0 Å². The van der Waals surface area contributed by atoms with E-state index in [0.717, 1.165) is 27.1 Å². The summed E-state index contributed by atoms with van der Waals surface area (Å²) in [5, 5.41) is 14.6. The van der Waals surface area contributed by atoms with Crippen LogP contribution in [0.25, 0.3) is 11.1 Å². The highest BCUT2D eigenvalue weighted by molar-refractivity contribution is 7.09. The minimum Gasteiger partial charge on any atom is -0.480 e. The van der Waals surface area contributed by atoms with Gasteiger partial charge >= 0.3 is 12.1 Å². The van der Waals surface area contributed by atoms with E-state index in [-0.39, 0.29) is 25.4 Å². The van der Waals surface area contributed by atoms with E-state index < -0.39 is 30.1 Å². The number of carboxylic acid groups (broad SMARTS) is 1. The smallest absolute Gasteiger partial charge is 0.407 e. The molecule has 0 fully saturated rings. The van der Waals surface area contributed by atoms with Crippen molar-refractivity contribution in [1.29, 1.82) is 0 Å². The molecule has 9 heteroatoms. The number of carbonyl (C=O) groups excluding carboxylic acids is 2. The number of nitrogens with zero attached hydrogens (tertiary/aromatic N) is 1. The monoisotopic (exact) mass is 479 g/mol. The number of ether oxygens (including phenoxy) is 1. The van der Waals surface area contributed by atoms with Crippen molar-refractivity contribution in [2.75, 3.05) is 6.61 Å². The molecule has 2 atom stereocenters. The van der Waals surface area contributed by atoms with Crippen LogP contribution in [0.1, 0.15) is 35.3 Å². The van der Waals surface area contributed by atoms with Gasteiger partial charge in [0.15, 0.2) is 0 Å². The molecule has 0 aliphatic heterocycles. The van der Waals surface area contributed by atoms with E-state index in [9.17, 15) is 19.5 Å². The maximum absolute atomic E-state index is 12.4. The van der Waals surface area contributed by atoms with Gasteiger partial charge in [-0.15, -0.1) is 11.3 Å². The van der Waals surface area contributed by atoms with Crippen molar-refractivity contribution in [2.45, 2.75) is 37.8 Å². The van der Waals surface area contributed by atoms with E-state index in [1.807, 2.05) is 36.4 Å². The quantitative estimate of drug-likeness (QED) is 0.432. The Morgan fingerprint density at radius 3 is 2.29 bits per heavy atom. The van der Waals surface area contributed by atoms with Gasteiger partial charge in [0.1, 0.15) is 12.6 Å². The van der Waals surface area contributed by atoms with Crippen molar-refractivity contribution in [1.82, 2.24) is 15.6 Å². The minimum atomic E-state index is -1.13. The lowest BCUT2D eigenvalue weighted by Gasteiger charge is -2.18. The second kappa shape index (κ2) is 10.5. The Balaban J connectivity index is 1.28. The first-order valence-electron chi connectivity index (χ1n) is 10.9. The van der Waals surface area contributed by atoms with Gasteiger partial charge in [-0.25, -0.2) is 9.59 Å². The molecule has 0 radical (unpaired) electrons. The summed E-state index contributed by atoms with van der Waals surface area (Å²) in [6.45, 7) is 1.84. The van der Waals surface area contributed by atoms with Crippen LogP contribution in [0.3, 0.4) is 0 Å². The average Bonchev–Trinajstić information content (AvgIpc) is 3.43. The van der Waals surface area contributed by atoms with E-state index in [2.05, 4.69) is 27.8 Å². The van der Waals surface area contributed by atoms with E-state index in [1.165, 1.54) is 11.3 Å². The van der Waals surface area contributed by atoms with Crippen LogP contribution in [0.4, 0.5) is 4.79 Å². The molecular weight excluding hydrogens is 454 g/mol. The van der Waals surface area contributed by atoms with Crippen LogP contribution < -0.4 is 10.6 Å². The summed E-state index contributed by atoms with van der Waals surface area (Å²) in [4.78, 5) is 40.9. The van der Waals surface area contributed by atoms with Crippen molar-refractivity contribution in [3.05, 3.63) is 76.2 Å². The molecule has 3 aromatic rings. The molecule has 1 heterocycles. The number of aliphatic carboxylic acids is 1. The first-order valence-corrected chi connectivity index (χ1v) is 11.8. The molecule has 0 bridgehead atoms. The van der Waals surface area contributed by atoms with Gasteiger partial charge in [0.05, 0.1) is 5.51 Å². The van der Waals surface area contributed by atoms with Crippen molar-refractivity contribution in [3.63, 3.8) is 0 Å². The second-order valence-corrected chi connectivity index (χ2v) is 9.18. The van der Waals surface area contributed by atoms with Crippen molar-refractivity contribution < 1.29 is 24.2 Å². The summed E-state index contributed by atoms with van der Waals surface area (Å²) >= 11 is 1.33. The first-order chi connectivity index (χ1) is 16.4. The number of benzene rings is 2. The SMILES string of the molecule is C[C@H](CC(=O)NC(Cc1cncs1)C(=O)O)NC(=O)OCC1c2ccccc2-c2ccccc21. The molecule has 0 saturated carbocycles. The topological polar surface area (TPSA) is 118 Å². The van der Waals surface area contributed by atoms with Gasteiger partial charge < -0.3 is 20.5 Å². The third-order valence-electron chi connectivity index (χ3n) is 5.72. The third kappa shape index (κ3) is 5.43. The Morgan fingerprint density at radius 2 is 1.71 bits per heavy atom. The normalized spacial score (nSPS) is 13.9. The number of aromatic nitrogens is 1. The first kappa shape index (κ1) is 23.4. The molecule has 8 nitrogen and oxygen atoms in total. The van der Waals surface area contributed by atoms with Gasteiger partial charge in [-0.3, -0.25) is 9.78 Å². The van der Waals surface area contributed by atoms with E-state index in [0.29, 0.717) is 0 Å². The third-order valence-corrected chi connectivity index (χ3v) is 6.52. The van der Waals surface area contributed by atoms with Crippen LogP contribution >= 0.6 is 11.3 Å². The molecule has 1 unspecified atom stereocenters. The van der Waals surface area contributed by atoms with Gasteiger partial charge in [0.25, 0.3) is 0 Å². The van der Waals surface area contributed by atoms with Crippen LogP contribution in [-0.2, 0) is 20.7 Å². The molecular formula is C25H25N3O5S. The minimum absolute atomic E-state index is 0.0557. The largest absolute Gasteiger partial charge is 0.480 e. The fourth-order valence-electron chi connectivity index (χ4n) is 4.17. The zero-order valence-electron chi connectivity index (χ0n) is 18.6. The zero-order chi connectivity index (χ0) is 24.1. The number of fused-ring (bicyclic) bond motifs is 3. The number of carbonyl (C=O) groups is 3. The summed E-state index contributed by atoms with van der Waals surface area (Å²) < 4.78 is 5.50. The number of hydrogen-bond donors (Lipinski definition) is 3. The molecule has 176 valence electrons. The number of carboxylic acids is 1. The Kier molecular flexibility index (Phi) is 7.22. The summed E-state index contributed by atoms with van der Waals surface area (Å²) in [6.07, 6.45) is 1.03. The molecule has 1 aliphatic carbocycles. The lowest BCUT2D eigenvalue weighted by atomic mass is 9.98. The van der Waals surface area contributed by atoms with Gasteiger partial charge in [-0.1, -0.05) is 48.5 Å². The number of nitrogens with one attached hydrogen (secondary N) is 2. The van der Waals surface area contributed by atoms with Gasteiger partial charge in [-0.05, 0) is 29.2 Å². The maximum atomic E-state index is 12.4. The molecule has 34 heavy (non-hydrogen) atoms. The second-order valence-electron chi connectivity index (χ2n) is 8.21. The van der Waals surface area contributed by atoms with E-state index in [4.69, 9.17) is 4.74 Å². The van der Waals surface area contributed by atoms with Crippen molar-refractivity contribution in [2.24, 2.45) is 0 Å². The number of hydrogen-bond acceptors (Lipinski definition) is 6. The van der Waals surface area contributed by atoms with Crippen LogP contribution in [0, 0.1) is 0 Å². The van der Waals surface area contributed by atoms with Crippen LogP contribution in [-0.4, -0.2) is 46.8 Å². The predicted octanol–water partition coefficient (Wildman–Crippen LogP) is 3.57. The maximum Gasteiger partial charge on any atom is 0.407 e. The molecule has 1 aliphatic rings. The fraction of sp³-hybridized carbons (Fsp3) is 0.280. The van der Waals surface area contributed by atoms with Gasteiger partial charge in [0, 0.05) is 35.9 Å². The Labute approximate surface area is 201 Å². The summed E-state index contributed by atoms with van der Waals surface area (Å²) in [5.74, 6) is -1.65. The molecule has 0 spiro atoms. The Hall–Kier alpha value is -3.72. The summed E-state index contributed by atoms with van der Waals surface area (Å²) in [5.41, 5.74) is 6.12. The number of thiazole rings is 1. The summed E-state index contributed by atoms with van der Waals surface area (Å²) in [7, 11) is 0. The lowest BCUT2D eigenvalue weighted by Crippen LogP contribution is -2.45. The van der Waals surface area contributed by atoms with Crippen LogP contribution in [0.15, 0.2) is 60.2 Å². The molecule has 3 N–H and O–H groups in total. The number of rotatable bonds is 9. The highest BCUT2D eigenvalue weighted by Crippen LogP contribution is 2.44. The Morgan fingerprint density at radius 1 is 1.06 bits per heavy atom. The summed E-state index contributed by atoms with van der Waals surface area (Å²) in [6, 6.07) is 14.5. The van der Waals surface area contributed by atoms with Gasteiger partial charge in [0.2, 0.25) is 5.91 Å². The molecule has 2 aromatic carbocycles. The fourth-order valence-corrected chi connectivity index (χ4v) is 4.81. The van der Waals surface area contributed by atoms with Crippen molar-refractivity contribution >= 4 is 29.3 Å². The highest BCUT2D eigenvalue weighted by atomic mass is 32.1.